The summed E-state index contributed by atoms with van der Waals surface area (Å²) in [5, 5.41) is 17.6. The van der Waals surface area contributed by atoms with Gasteiger partial charge in [0.25, 0.3) is 0 Å². The molecule has 0 spiro atoms. The number of aromatic hydroxyl groups is 1. The topological polar surface area (TPSA) is 146 Å². The first kappa shape index (κ1) is 30.3. The van der Waals surface area contributed by atoms with Gasteiger partial charge in [-0.3, -0.25) is 14.4 Å². The zero-order chi connectivity index (χ0) is 30.1. The predicted octanol–water partition coefficient (Wildman–Crippen LogP) is 2.82. The van der Waals surface area contributed by atoms with Gasteiger partial charge in [-0.05, 0) is 49.1 Å². The molecule has 0 bridgehead atoms. The summed E-state index contributed by atoms with van der Waals surface area (Å²) in [6.07, 6.45) is -0.457. The Hall–Kier alpha value is -4.70. The minimum absolute atomic E-state index is 0.0408. The monoisotopic (exact) mass is 573 g/mol. The molecule has 0 aliphatic carbocycles. The minimum atomic E-state index is -1.05. The lowest BCUT2D eigenvalue weighted by Crippen LogP contribution is -2.57. The molecule has 1 aliphatic rings. The van der Waals surface area contributed by atoms with Gasteiger partial charge in [0.15, 0.2) is 5.78 Å². The Morgan fingerprint density at radius 3 is 1.90 bits per heavy atom. The third-order valence-electron chi connectivity index (χ3n) is 6.96. The highest BCUT2D eigenvalue weighted by molar-refractivity contribution is 5.98. The van der Waals surface area contributed by atoms with E-state index < -0.39 is 41.6 Å². The fourth-order valence-electron chi connectivity index (χ4n) is 4.33. The summed E-state index contributed by atoms with van der Waals surface area (Å²) in [4.78, 5) is 52.3. The second-order valence-corrected chi connectivity index (χ2v) is 10.5. The van der Waals surface area contributed by atoms with Crippen LogP contribution in [0.5, 0.6) is 5.75 Å². The number of hydrogen-bond acceptors (Lipinski definition) is 7. The van der Waals surface area contributed by atoms with Crippen LogP contribution in [0.1, 0.15) is 30.5 Å². The minimum Gasteiger partial charge on any atom is -0.508 e. The Balaban J connectivity index is 1.44. The Kier molecular flexibility index (Phi) is 9.93. The number of rotatable bonds is 13. The van der Waals surface area contributed by atoms with E-state index in [4.69, 9.17) is 9.47 Å². The molecule has 0 aromatic heterocycles. The van der Waals surface area contributed by atoms with Gasteiger partial charge in [0.1, 0.15) is 30.0 Å². The van der Waals surface area contributed by atoms with Gasteiger partial charge in [0, 0.05) is 6.42 Å². The summed E-state index contributed by atoms with van der Waals surface area (Å²) >= 11 is 0. The van der Waals surface area contributed by atoms with Crippen molar-refractivity contribution in [2.45, 2.75) is 57.0 Å². The fraction of sp³-hybridized carbons (Fsp3) is 0.312. The van der Waals surface area contributed by atoms with Crippen LogP contribution in [0.25, 0.3) is 0 Å². The molecule has 0 saturated carbocycles. The van der Waals surface area contributed by atoms with Gasteiger partial charge in [-0.1, -0.05) is 72.8 Å². The van der Waals surface area contributed by atoms with Crippen molar-refractivity contribution >= 4 is 23.7 Å². The SMILES string of the molecule is CC(NC(=O)OCc1ccccc1)C(=O)N[C@@H](Cc1ccccc1)C(=O)NC(Cc1ccc(O)cc1)C(=O)C1(C)CO1. The van der Waals surface area contributed by atoms with Gasteiger partial charge in [-0.15, -0.1) is 0 Å². The molecule has 3 unspecified atom stereocenters. The highest BCUT2D eigenvalue weighted by atomic mass is 16.6. The lowest BCUT2D eigenvalue weighted by molar-refractivity contribution is -0.133. The number of nitrogens with one attached hydrogen (secondary N) is 3. The number of carbonyl (C=O) groups excluding carboxylic acids is 4. The summed E-state index contributed by atoms with van der Waals surface area (Å²) < 4.78 is 10.6. The van der Waals surface area contributed by atoms with Crippen molar-refractivity contribution < 1.29 is 33.8 Å². The van der Waals surface area contributed by atoms with Gasteiger partial charge in [-0.25, -0.2) is 4.79 Å². The summed E-state index contributed by atoms with van der Waals surface area (Å²) in [5.74, 6) is -1.36. The second-order valence-electron chi connectivity index (χ2n) is 10.5. The Morgan fingerprint density at radius 2 is 1.31 bits per heavy atom. The van der Waals surface area contributed by atoms with Gasteiger partial charge >= 0.3 is 6.09 Å². The molecular weight excluding hydrogens is 538 g/mol. The lowest BCUT2D eigenvalue weighted by atomic mass is 9.94. The normalized spacial score (nSPS) is 17.7. The molecule has 1 saturated heterocycles. The Labute approximate surface area is 244 Å². The van der Waals surface area contributed by atoms with E-state index in [2.05, 4.69) is 16.0 Å². The molecule has 3 aromatic carbocycles. The largest absolute Gasteiger partial charge is 0.508 e. The third-order valence-corrected chi connectivity index (χ3v) is 6.96. The van der Waals surface area contributed by atoms with E-state index in [1.54, 1.807) is 19.1 Å². The van der Waals surface area contributed by atoms with Crippen molar-refractivity contribution in [2.75, 3.05) is 6.61 Å². The summed E-state index contributed by atoms with van der Waals surface area (Å²) in [6, 6.07) is 21.6. The maximum absolute atomic E-state index is 13.6. The van der Waals surface area contributed by atoms with Crippen molar-refractivity contribution in [1.29, 1.82) is 0 Å². The Morgan fingerprint density at radius 1 is 0.786 bits per heavy atom. The van der Waals surface area contributed by atoms with E-state index in [9.17, 15) is 24.3 Å². The molecule has 4 atom stereocenters. The lowest BCUT2D eigenvalue weighted by Gasteiger charge is -2.25. The van der Waals surface area contributed by atoms with Crippen LogP contribution in [-0.4, -0.2) is 59.1 Å². The third kappa shape index (κ3) is 8.65. The van der Waals surface area contributed by atoms with Crippen LogP contribution in [0, 0.1) is 0 Å². The van der Waals surface area contributed by atoms with Crippen molar-refractivity contribution in [2.24, 2.45) is 0 Å². The zero-order valence-corrected chi connectivity index (χ0v) is 23.5. The number of amides is 3. The van der Waals surface area contributed by atoms with Crippen molar-refractivity contribution in [1.82, 2.24) is 16.0 Å². The molecule has 3 aromatic rings. The van der Waals surface area contributed by atoms with Crippen LogP contribution in [0.4, 0.5) is 4.79 Å². The van der Waals surface area contributed by atoms with Crippen LogP contribution in [-0.2, 0) is 43.3 Å². The Bertz CT molecular complexity index is 1380. The maximum Gasteiger partial charge on any atom is 0.408 e. The molecule has 1 fully saturated rings. The number of alkyl carbamates (subject to hydrolysis) is 1. The van der Waals surface area contributed by atoms with Gasteiger partial charge in [0.05, 0.1) is 12.6 Å². The van der Waals surface area contributed by atoms with Crippen LogP contribution in [0.2, 0.25) is 0 Å². The quantitative estimate of drug-likeness (QED) is 0.230. The van der Waals surface area contributed by atoms with Crippen molar-refractivity contribution in [3.63, 3.8) is 0 Å². The standard InChI is InChI=1S/C32H35N3O7/c1-21(33-31(40)41-19-24-11-7-4-8-12-24)29(38)35-27(18-22-9-5-3-6-10-22)30(39)34-26(28(37)32(2)20-42-32)17-23-13-15-25(36)16-14-23/h3-16,21,26-27,36H,17-20H2,1-2H3,(H,33,40)(H,34,39)(H,35,38)/t21?,26?,27-,32?/m0/s1. The molecule has 4 N–H and O–H groups in total. The smallest absolute Gasteiger partial charge is 0.408 e. The van der Waals surface area contributed by atoms with E-state index in [1.807, 2.05) is 60.7 Å². The average Bonchev–Trinajstić information content (AvgIpc) is 3.75. The van der Waals surface area contributed by atoms with E-state index >= 15 is 0 Å². The fourth-order valence-corrected chi connectivity index (χ4v) is 4.33. The van der Waals surface area contributed by atoms with Crippen molar-refractivity contribution in [3.05, 3.63) is 102 Å². The zero-order valence-electron chi connectivity index (χ0n) is 23.5. The highest BCUT2D eigenvalue weighted by Crippen LogP contribution is 2.29. The molecule has 10 heteroatoms. The molecule has 4 rings (SSSR count). The first-order chi connectivity index (χ1) is 20.1. The number of benzene rings is 3. The summed E-state index contributed by atoms with van der Waals surface area (Å²) in [5.41, 5.74) is 1.32. The van der Waals surface area contributed by atoms with Crippen molar-refractivity contribution in [3.8, 4) is 5.75 Å². The van der Waals surface area contributed by atoms with E-state index in [1.165, 1.54) is 19.1 Å². The molecule has 220 valence electrons. The molecule has 3 amide bonds. The number of phenolic OH excluding ortho intramolecular Hbond substituents is 1. The van der Waals surface area contributed by atoms with Gasteiger partial charge in [0.2, 0.25) is 11.8 Å². The molecule has 42 heavy (non-hydrogen) atoms. The molecule has 0 radical (unpaired) electrons. The van der Waals surface area contributed by atoms with Crippen LogP contribution in [0.15, 0.2) is 84.9 Å². The first-order valence-electron chi connectivity index (χ1n) is 13.7. The summed E-state index contributed by atoms with van der Waals surface area (Å²) in [7, 11) is 0. The number of epoxide rings is 1. The maximum atomic E-state index is 13.6. The number of Topliss-reactive ketones (excluding diaryl/α,β-unsaturated/α-hetero) is 1. The number of ketones is 1. The van der Waals surface area contributed by atoms with Gasteiger partial charge in [-0.2, -0.15) is 0 Å². The van der Waals surface area contributed by atoms with Crippen LogP contribution >= 0.6 is 0 Å². The van der Waals surface area contributed by atoms with E-state index in [-0.39, 0.29) is 37.6 Å². The predicted molar refractivity (Wildman–Crippen MR) is 154 cm³/mol. The molecule has 1 heterocycles. The second kappa shape index (κ2) is 13.8. The van der Waals surface area contributed by atoms with Gasteiger partial charge < -0.3 is 30.5 Å². The molecular formula is C32H35N3O7. The molecule has 10 nitrogen and oxygen atoms in total. The first-order valence-corrected chi connectivity index (χ1v) is 13.7. The van der Waals surface area contributed by atoms with E-state index in [0.29, 0.717) is 0 Å². The van der Waals surface area contributed by atoms with Crippen LogP contribution in [0.3, 0.4) is 0 Å². The number of hydrogen-bond donors (Lipinski definition) is 4. The summed E-state index contributed by atoms with van der Waals surface area (Å²) in [6.45, 7) is 3.44. The number of ether oxygens (including phenoxy) is 2. The molecule has 1 aliphatic heterocycles. The average molecular weight is 574 g/mol. The number of carbonyl (C=O) groups is 4. The highest BCUT2D eigenvalue weighted by Gasteiger charge is 2.50. The van der Waals surface area contributed by atoms with Crippen LogP contribution < -0.4 is 16.0 Å². The van der Waals surface area contributed by atoms with E-state index in [0.717, 1.165) is 16.7 Å². The number of phenols is 1.